The summed E-state index contributed by atoms with van der Waals surface area (Å²) in [5.74, 6) is 1.28. The van der Waals surface area contributed by atoms with Crippen LogP contribution >= 0.6 is 0 Å². The summed E-state index contributed by atoms with van der Waals surface area (Å²) >= 11 is 0. The molecular formula is C28H32N2O5. The Balaban J connectivity index is 1.28. The average molecular weight is 477 g/mol. The minimum Gasteiger partial charge on any atom is -0.504 e. The van der Waals surface area contributed by atoms with Crippen molar-refractivity contribution in [2.24, 2.45) is 5.92 Å². The maximum atomic E-state index is 13.2. The lowest BCUT2D eigenvalue weighted by molar-refractivity contribution is -0.200. The molecule has 7 rings (SSSR count). The Morgan fingerprint density at radius 3 is 2.89 bits per heavy atom. The number of ether oxygens (including phenoxy) is 1. The van der Waals surface area contributed by atoms with E-state index in [0.717, 1.165) is 43.0 Å². The third-order valence-corrected chi connectivity index (χ3v) is 9.54. The normalized spacial score (nSPS) is 35.1. The summed E-state index contributed by atoms with van der Waals surface area (Å²) in [5, 5.41) is 23.3. The molecule has 3 fully saturated rings. The molecule has 2 aliphatic heterocycles. The van der Waals surface area contributed by atoms with Gasteiger partial charge < -0.3 is 24.3 Å². The number of phenols is 1. The molecular weight excluding hydrogens is 444 g/mol. The van der Waals surface area contributed by atoms with Crippen molar-refractivity contribution in [1.29, 1.82) is 0 Å². The molecule has 5 aliphatic rings. The zero-order valence-electron chi connectivity index (χ0n) is 20.0. The number of rotatable bonds is 5. The van der Waals surface area contributed by atoms with Crippen LogP contribution in [-0.2, 0) is 16.6 Å². The lowest BCUT2D eigenvalue weighted by Crippen LogP contribution is -2.78. The van der Waals surface area contributed by atoms with Gasteiger partial charge in [0.2, 0.25) is 5.91 Å². The van der Waals surface area contributed by atoms with Gasteiger partial charge in [0.15, 0.2) is 11.5 Å². The predicted octanol–water partition coefficient (Wildman–Crippen LogP) is 3.09. The Hall–Kier alpha value is -2.77. The molecule has 35 heavy (non-hydrogen) atoms. The van der Waals surface area contributed by atoms with Crippen LogP contribution in [0.5, 0.6) is 11.5 Å². The van der Waals surface area contributed by atoms with Crippen LogP contribution in [0, 0.1) is 5.92 Å². The van der Waals surface area contributed by atoms with E-state index in [0.29, 0.717) is 18.6 Å². The van der Waals surface area contributed by atoms with Crippen LogP contribution in [-0.4, -0.2) is 69.8 Å². The Morgan fingerprint density at radius 2 is 2.11 bits per heavy atom. The smallest absolute Gasteiger partial charge is 0.246 e. The van der Waals surface area contributed by atoms with Gasteiger partial charge in [0.25, 0.3) is 0 Å². The second-order valence-electron chi connectivity index (χ2n) is 11.2. The molecule has 5 atom stereocenters. The molecule has 7 nitrogen and oxygen atoms in total. The number of hydrogen-bond donors (Lipinski definition) is 2. The molecule has 1 spiro atoms. The summed E-state index contributed by atoms with van der Waals surface area (Å²) in [4.78, 5) is 17.5. The summed E-state index contributed by atoms with van der Waals surface area (Å²) in [6, 6.07) is 5.38. The maximum Gasteiger partial charge on any atom is 0.246 e. The van der Waals surface area contributed by atoms with Crippen LogP contribution in [0.4, 0.5) is 0 Å². The number of likely N-dealkylation sites (tertiary alicyclic amines) is 1. The highest BCUT2D eigenvalue weighted by atomic mass is 16.5. The van der Waals surface area contributed by atoms with Crippen LogP contribution in [0.2, 0.25) is 0 Å². The van der Waals surface area contributed by atoms with Crippen LogP contribution in [0.1, 0.15) is 48.8 Å². The van der Waals surface area contributed by atoms with Crippen molar-refractivity contribution in [1.82, 2.24) is 9.80 Å². The summed E-state index contributed by atoms with van der Waals surface area (Å²) in [5.41, 5.74) is 1.44. The van der Waals surface area contributed by atoms with Gasteiger partial charge in [-0.05, 0) is 74.8 Å². The number of likely N-dealkylation sites (N-methyl/N-ethyl adjacent to an activating group) is 1. The highest BCUT2D eigenvalue weighted by Crippen LogP contribution is 2.66. The SMILES string of the molecule is CN(C(=O)/C=C/c1ccoc1)C1CCC2(O)[C@H]3Cc4ccc(O)c5c4[C@@]2(CCN3CC2CC2)[C@H]1O5. The van der Waals surface area contributed by atoms with Gasteiger partial charge in [0.05, 0.1) is 29.6 Å². The first-order valence-corrected chi connectivity index (χ1v) is 12.9. The predicted molar refractivity (Wildman–Crippen MR) is 129 cm³/mol. The summed E-state index contributed by atoms with van der Waals surface area (Å²) < 4.78 is 11.7. The largest absolute Gasteiger partial charge is 0.504 e. The molecule has 0 radical (unpaired) electrons. The van der Waals surface area contributed by atoms with E-state index >= 15 is 0 Å². The molecule has 2 unspecified atom stereocenters. The molecule has 2 aromatic rings. The fourth-order valence-electron chi connectivity index (χ4n) is 7.67. The molecule has 3 heterocycles. The van der Waals surface area contributed by atoms with Crippen molar-refractivity contribution in [2.75, 3.05) is 20.1 Å². The molecule has 1 aromatic heterocycles. The fraction of sp³-hybridized carbons (Fsp3) is 0.536. The Kier molecular flexibility index (Phi) is 4.53. The Morgan fingerprint density at radius 1 is 1.26 bits per heavy atom. The minimum atomic E-state index is -0.941. The van der Waals surface area contributed by atoms with Crippen LogP contribution < -0.4 is 4.74 Å². The van der Waals surface area contributed by atoms with Gasteiger partial charge in [-0.15, -0.1) is 0 Å². The molecule has 7 heteroatoms. The lowest BCUT2D eigenvalue weighted by Gasteiger charge is -2.64. The van der Waals surface area contributed by atoms with Crippen LogP contribution in [0.15, 0.2) is 41.2 Å². The molecule has 2 bridgehead atoms. The van der Waals surface area contributed by atoms with Gasteiger partial charge in [-0.3, -0.25) is 9.69 Å². The number of hydrogen-bond acceptors (Lipinski definition) is 6. The zero-order valence-corrected chi connectivity index (χ0v) is 20.0. The third-order valence-electron chi connectivity index (χ3n) is 9.54. The molecule has 184 valence electrons. The first-order chi connectivity index (χ1) is 16.9. The number of aromatic hydroxyl groups is 1. The maximum absolute atomic E-state index is 13.2. The topological polar surface area (TPSA) is 86.4 Å². The molecule has 1 amide bonds. The van der Waals surface area contributed by atoms with E-state index in [4.69, 9.17) is 9.15 Å². The number of nitrogens with zero attached hydrogens (tertiary/aromatic N) is 2. The van der Waals surface area contributed by atoms with Crippen molar-refractivity contribution < 1.29 is 24.2 Å². The molecule has 2 saturated carbocycles. The van der Waals surface area contributed by atoms with Gasteiger partial charge in [-0.25, -0.2) is 0 Å². The van der Waals surface area contributed by atoms with Crippen molar-refractivity contribution in [2.45, 2.75) is 67.7 Å². The van der Waals surface area contributed by atoms with E-state index in [1.54, 1.807) is 35.6 Å². The number of phenolic OH excluding ortho intramolecular Hbond substituents is 1. The Bertz CT molecular complexity index is 1200. The van der Waals surface area contributed by atoms with Crippen molar-refractivity contribution >= 4 is 12.0 Å². The third kappa shape index (κ3) is 2.88. The highest BCUT2D eigenvalue weighted by Gasteiger charge is 2.73. The number of carbonyl (C=O) groups excluding carboxylic acids is 1. The summed E-state index contributed by atoms with van der Waals surface area (Å²) in [6.07, 6.45) is 11.5. The van der Waals surface area contributed by atoms with Gasteiger partial charge in [0.1, 0.15) is 6.10 Å². The monoisotopic (exact) mass is 476 g/mol. The Labute approximate surface area is 205 Å². The van der Waals surface area contributed by atoms with Gasteiger partial charge in [-0.1, -0.05) is 6.07 Å². The molecule has 1 saturated heterocycles. The van der Waals surface area contributed by atoms with E-state index in [9.17, 15) is 15.0 Å². The molecule has 1 aromatic carbocycles. The number of carbonyl (C=O) groups is 1. The van der Waals surface area contributed by atoms with E-state index in [2.05, 4.69) is 4.90 Å². The van der Waals surface area contributed by atoms with E-state index in [1.165, 1.54) is 18.4 Å². The number of furan rings is 1. The van der Waals surface area contributed by atoms with Crippen molar-refractivity contribution in [3.63, 3.8) is 0 Å². The number of amides is 1. The van der Waals surface area contributed by atoms with E-state index in [1.807, 2.05) is 19.2 Å². The number of piperidine rings is 1. The zero-order chi connectivity index (χ0) is 23.9. The average Bonchev–Trinajstić information content (AvgIpc) is 3.36. The second-order valence-corrected chi connectivity index (χ2v) is 11.2. The number of benzene rings is 1. The molecule has 3 aliphatic carbocycles. The second kappa shape index (κ2) is 7.37. The quantitative estimate of drug-likeness (QED) is 0.645. The fourth-order valence-corrected chi connectivity index (χ4v) is 7.67. The first-order valence-electron chi connectivity index (χ1n) is 12.9. The van der Waals surface area contributed by atoms with Crippen molar-refractivity contribution in [3.8, 4) is 11.5 Å². The van der Waals surface area contributed by atoms with E-state index in [-0.39, 0.29) is 23.7 Å². The van der Waals surface area contributed by atoms with E-state index < -0.39 is 17.1 Å². The van der Waals surface area contributed by atoms with Crippen molar-refractivity contribution in [3.05, 3.63) is 53.5 Å². The summed E-state index contributed by atoms with van der Waals surface area (Å²) in [6.45, 7) is 1.96. The van der Waals surface area contributed by atoms with Crippen LogP contribution in [0.25, 0.3) is 6.08 Å². The first kappa shape index (κ1) is 21.5. The highest BCUT2D eigenvalue weighted by molar-refractivity contribution is 5.91. The van der Waals surface area contributed by atoms with Gasteiger partial charge in [-0.2, -0.15) is 0 Å². The van der Waals surface area contributed by atoms with Gasteiger partial charge >= 0.3 is 0 Å². The lowest BCUT2D eigenvalue weighted by atomic mass is 9.48. The summed E-state index contributed by atoms with van der Waals surface area (Å²) in [7, 11) is 1.82. The van der Waals surface area contributed by atoms with Crippen LogP contribution in [0.3, 0.4) is 0 Å². The molecule has 2 N–H and O–H groups in total. The standard InChI is InChI=1S/C28H32N2O5/c1-29(23(32)7-4-18-9-13-34-16-18)20-8-10-28(33)22-14-19-5-6-21(31)25-24(19)27(28,26(20)35-25)11-12-30(22)15-17-2-3-17/h4-7,9,13,16-17,20,22,26,31,33H,2-3,8,10-12,14-15H2,1H3/b7-4+/t20?,22-,26+,27+,28?/m1/s1. The number of aliphatic hydroxyl groups is 1. The van der Waals surface area contributed by atoms with Gasteiger partial charge in [0, 0.05) is 36.8 Å². The minimum absolute atomic E-state index is 0.0360.